The Balaban J connectivity index is 1.54. The highest BCUT2D eigenvalue weighted by Gasteiger charge is 2.37. The van der Waals surface area contributed by atoms with Gasteiger partial charge in [0.2, 0.25) is 5.91 Å². The third-order valence-corrected chi connectivity index (χ3v) is 4.53. The van der Waals surface area contributed by atoms with Crippen LogP contribution in [0.3, 0.4) is 0 Å². The molecule has 1 aromatic heterocycles. The molecule has 2 fully saturated rings. The number of aryl methyl sites for hydroxylation is 1. The van der Waals surface area contributed by atoms with Crippen molar-refractivity contribution in [3.63, 3.8) is 0 Å². The Morgan fingerprint density at radius 3 is 2.75 bits per heavy atom. The van der Waals surface area contributed by atoms with Gasteiger partial charge < -0.3 is 23.4 Å². The number of likely N-dealkylation sites (tertiary alicyclic amines) is 2. The predicted octanol–water partition coefficient (Wildman–Crippen LogP) is 1.43. The first-order valence-corrected chi connectivity index (χ1v) is 7.97. The average molecular weight is 336 g/mol. The molecule has 2 aliphatic rings. The van der Waals surface area contributed by atoms with Crippen LogP contribution in [0.25, 0.3) is 0 Å². The molecule has 8 heteroatoms. The summed E-state index contributed by atoms with van der Waals surface area (Å²) in [5, 5.41) is 0. The molecule has 0 bridgehead atoms. The van der Waals surface area contributed by atoms with Crippen molar-refractivity contribution in [2.45, 2.75) is 39.3 Å². The van der Waals surface area contributed by atoms with Crippen molar-refractivity contribution in [1.82, 2.24) is 9.80 Å². The SMILES string of the molecule is CC=C1CCN([C@@H]2CCN(C(=O)OCc3oc(=O)oc3C)C2)C1=O. The van der Waals surface area contributed by atoms with Crippen LogP contribution in [0.15, 0.2) is 25.3 Å². The molecule has 0 unspecified atom stereocenters. The molecule has 0 aliphatic carbocycles. The number of allylic oxidation sites excluding steroid dienone is 1. The van der Waals surface area contributed by atoms with Crippen LogP contribution in [0, 0.1) is 6.92 Å². The zero-order valence-electron chi connectivity index (χ0n) is 13.7. The van der Waals surface area contributed by atoms with Gasteiger partial charge in [-0.1, -0.05) is 6.08 Å². The molecule has 1 aromatic rings. The summed E-state index contributed by atoms with van der Waals surface area (Å²) in [4.78, 5) is 38.7. The average Bonchev–Trinajstić information content (AvgIpc) is 3.24. The molecule has 130 valence electrons. The molecular weight excluding hydrogens is 316 g/mol. The maximum absolute atomic E-state index is 12.2. The summed E-state index contributed by atoms with van der Waals surface area (Å²) >= 11 is 0. The van der Waals surface area contributed by atoms with E-state index in [4.69, 9.17) is 13.6 Å². The lowest BCUT2D eigenvalue weighted by Gasteiger charge is -2.23. The zero-order chi connectivity index (χ0) is 17.3. The van der Waals surface area contributed by atoms with Crippen molar-refractivity contribution in [3.8, 4) is 0 Å². The van der Waals surface area contributed by atoms with Gasteiger partial charge in [-0.15, -0.1) is 0 Å². The Bertz CT molecular complexity index is 731. The van der Waals surface area contributed by atoms with Crippen LogP contribution < -0.4 is 5.82 Å². The molecule has 24 heavy (non-hydrogen) atoms. The Morgan fingerprint density at radius 1 is 1.33 bits per heavy atom. The van der Waals surface area contributed by atoms with E-state index in [1.54, 1.807) is 11.8 Å². The number of rotatable bonds is 3. The molecule has 0 N–H and O–H groups in total. The normalized spacial score (nSPS) is 22.7. The summed E-state index contributed by atoms with van der Waals surface area (Å²) in [5.41, 5.74) is 0.835. The smallest absolute Gasteiger partial charge is 0.441 e. The minimum atomic E-state index is -0.813. The third kappa shape index (κ3) is 3.08. The first-order chi connectivity index (χ1) is 11.5. The molecule has 2 amide bonds. The monoisotopic (exact) mass is 336 g/mol. The highest BCUT2D eigenvalue weighted by Crippen LogP contribution is 2.25. The number of nitrogens with zero attached hydrogens (tertiary/aromatic N) is 2. The Labute approximate surface area is 138 Å². The molecule has 0 spiro atoms. The number of hydrogen-bond acceptors (Lipinski definition) is 6. The third-order valence-electron chi connectivity index (χ3n) is 4.53. The molecule has 1 atom stereocenters. The van der Waals surface area contributed by atoms with Crippen molar-refractivity contribution in [2.24, 2.45) is 0 Å². The van der Waals surface area contributed by atoms with Crippen LogP contribution in [0.2, 0.25) is 0 Å². The van der Waals surface area contributed by atoms with Crippen LogP contribution in [0.5, 0.6) is 0 Å². The summed E-state index contributed by atoms with van der Waals surface area (Å²) in [7, 11) is 0. The fraction of sp³-hybridized carbons (Fsp3) is 0.562. The van der Waals surface area contributed by atoms with Gasteiger partial charge in [-0.25, -0.2) is 9.59 Å². The quantitative estimate of drug-likeness (QED) is 0.775. The minimum absolute atomic E-state index is 0.0242. The lowest BCUT2D eigenvalue weighted by Crippen LogP contribution is -2.39. The van der Waals surface area contributed by atoms with Gasteiger partial charge >= 0.3 is 11.9 Å². The summed E-state index contributed by atoms with van der Waals surface area (Å²) < 4.78 is 14.7. The van der Waals surface area contributed by atoms with Gasteiger partial charge in [-0.2, -0.15) is 0 Å². The molecule has 0 saturated carbocycles. The number of carbonyl (C=O) groups excluding carboxylic acids is 2. The predicted molar refractivity (Wildman–Crippen MR) is 82.2 cm³/mol. The second-order valence-electron chi connectivity index (χ2n) is 5.94. The van der Waals surface area contributed by atoms with Gasteiger partial charge in [0.05, 0.1) is 6.04 Å². The van der Waals surface area contributed by atoms with Crippen LogP contribution >= 0.6 is 0 Å². The Hall–Kier alpha value is -2.51. The summed E-state index contributed by atoms with van der Waals surface area (Å²) in [5.74, 6) is -0.245. The first-order valence-electron chi connectivity index (χ1n) is 7.97. The zero-order valence-corrected chi connectivity index (χ0v) is 13.7. The highest BCUT2D eigenvalue weighted by molar-refractivity contribution is 5.95. The van der Waals surface area contributed by atoms with E-state index >= 15 is 0 Å². The van der Waals surface area contributed by atoms with Crippen molar-refractivity contribution < 1.29 is 23.2 Å². The van der Waals surface area contributed by atoms with Crippen LogP contribution in [-0.4, -0.2) is 47.5 Å². The Morgan fingerprint density at radius 2 is 2.12 bits per heavy atom. The highest BCUT2D eigenvalue weighted by atomic mass is 16.6. The second kappa shape index (κ2) is 6.54. The van der Waals surface area contributed by atoms with Gasteiger partial charge in [-0.3, -0.25) is 4.79 Å². The summed E-state index contributed by atoms with van der Waals surface area (Å²) in [6.45, 7) is 4.97. The molecule has 8 nitrogen and oxygen atoms in total. The fourth-order valence-electron chi connectivity index (χ4n) is 3.14. The second-order valence-corrected chi connectivity index (χ2v) is 5.94. The molecule has 3 heterocycles. The van der Waals surface area contributed by atoms with Crippen molar-refractivity contribution >= 4 is 12.0 Å². The van der Waals surface area contributed by atoms with Gasteiger partial charge in [0, 0.05) is 25.2 Å². The lowest BCUT2D eigenvalue weighted by atomic mass is 10.2. The van der Waals surface area contributed by atoms with Crippen molar-refractivity contribution in [3.05, 3.63) is 33.8 Å². The topological polar surface area (TPSA) is 93.2 Å². The lowest BCUT2D eigenvalue weighted by molar-refractivity contribution is -0.126. The minimum Gasteiger partial charge on any atom is -0.441 e. The van der Waals surface area contributed by atoms with E-state index in [1.807, 2.05) is 17.9 Å². The van der Waals surface area contributed by atoms with Gasteiger partial charge in [-0.05, 0) is 26.7 Å². The van der Waals surface area contributed by atoms with E-state index in [0.717, 1.165) is 18.4 Å². The summed E-state index contributed by atoms with van der Waals surface area (Å²) in [6.07, 6.45) is 2.86. The fourth-order valence-corrected chi connectivity index (χ4v) is 3.14. The number of hydrogen-bond donors (Lipinski definition) is 0. The first kappa shape index (κ1) is 16.4. The maximum atomic E-state index is 12.2. The van der Waals surface area contributed by atoms with Crippen molar-refractivity contribution in [2.75, 3.05) is 19.6 Å². The van der Waals surface area contributed by atoms with Gasteiger partial charge in [0.1, 0.15) is 0 Å². The Kier molecular flexibility index (Phi) is 4.46. The van der Waals surface area contributed by atoms with Crippen molar-refractivity contribution in [1.29, 1.82) is 0 Å². The molecule has 3 rings (SSSR count). The summed E-state index contributed by atoms with van der Waals surface area (Å²) in [6, 6.07) is 0.0242. The number of carbonyl (C=O) groups is 2. The van der Waals surface area contributed by atoms with E-state index in [9.17, 15) is 14.4 Å². The van der Waals surface area contributed by atoms with Crippen LogP contribution in [-0.2, 0) is 16.1 Å². The molecular formula is C16H20N2O6. The molecule has 0 radical (unpaired) electrons. The number of ether oxygens (including phenoxy) is 1. The van der Waals surface area contributed by atoms with E-state index < -0.39 is 11.9 Å². The van der Waals surface area contributed by atoms with Crippen LogP contribution in [0.1, 0.15) is 31.3 Å². The van der Waals surface area contributed by atoms with E-state index in [2.05, 4.69) is 0 Å². The maximum Gasteiger partial charge on any atom is 0.519 e. The van der Waals surface area contributed by atoms with Crippen LogP contribution in [0.4, 0.5) is 4.79 Å². The standard InChI is InChI=1S/C16H20N2O6/c1-3-11-4-7-18(14(11)19)12-5-6-17(8-12)15(20)22-9-13-10(2)23-16(21)24-13/h3,12H,4-9H2,1-2H3/t12-/m1/s1. The van der Waals surface area contributed by atoms with E-state index in [0.29, 0.717) is 25.4 Å². The van der Waals surface area contributed by atoms with E-state index in [1.165, 1.54) is 0 Å². The van der Waals surface area contributed by atoms with Gasteiger partial charge in [0.15, 0.2) is 18.1 Å². The molecule has 0 aromatic carbocycles. The largest absolute Gasteiger partial charge is 0.519 e. The molecule has 2 aliphatic heterocycles. The van der Waals surface area contributed by atoms with E-state index in [-0.39, 0.29) is 24.3 Å². The van der Waals surface area contributed by atoms with Gasteiger partial charge in [0.25, 0.3) is 0 Å². The molecule has 2 saturated heterocycles. The number of amides is 2.